The maximum atomic E-state index is 6.05. The van der Waals surface area contributed by atoms with Crippen LogP contribution in [0.1, 0.15) is 26.7 Å². The third-order valence-electron chi connectivity index (χ3n) is 2.92. The SMILES string of the molecule is C\C=C/C(Cl)=C\C(NCC)=C(/N)OC1CC(OC)C1. The van der Waals surface area contributed by atoms with Crippen molar-refractivity contribution in [2.45, 2.75) is 38.9 Å². The van der Waals surface area contributed by atoms with Gasteiger partial charge in [0, 0.05) is 31.5 Å². The van der Waals surface area contributed by atoms with Gasteiger partial charge in [-0.1, -0.05) is 17.7 Å². The molecule has 19 heavy (non-hydrogen) atoms. The fourth-order valence-electron chi connectivity index (χ4n) is 1.79. The molecule has 108 valence electrons. The van der Waals surface area contributed by atoms with E-state index >= 15 is 0 Å². The largest absolute Gasteiger partial charge is 0.474 e. The highest BCUT2D eigenvalue weighted by Gasteiger charge is 2.31. The van der Waals surface area contributed by atoms with Crippen LogP contribution in [-0.4, -0.2) is 25.9 Å². The van der Waals surface area contributed by atoms with E-state index in [1.165, 1.54) is 0 Å². The Labute approximate surface area is 120 Å². The molecule has 0 aliphatic heterocycles. The summed E-state index contributed by atoms with van der Waals surface area (Å²) in [5.74, 6) is 0.379. The van der Waals surface area contributed by atoms with E-state index in [4.69, 9.17) is 26.8 Å². The number of ether oxygens (including phenoxy) is 2. The lowest BCUT2D eigenvalue weighted by molar-refractivity contribution is -0.0654. The Hall–Kier alpha value is -1.13. The van der Waals surface area contributed by atoms with Crippen molar-refractivity contribution in [2.75, 3.05) is 13.7 Å². The van der Waals surface area contributed by atoms with E-state index in [-0.39, 0.29) is 6.10 Å². The minimum atomic E-state index is 0.132. The summed E-state index contributed by atoms with van der Waals surface area (Å²) in [4.78, 5) is 0. The van der Waals surface area contributed by atoms with E-state index in [0.717, 1.165) is 19.4 Å². The Morgan fingerprint density at radius 1 is 1.42 bits per heavy atom. The summed E-state index contributed by atoms with van der Waals surface area (Å²) in [6, 6.07) is 0. The Kier molecular flexibility index (Phi) is 6.81. The number of halogens is 1. The summed E-state index contributed by atoms with van der Waals surface area (Å²) in [7, 11) is 1.71. The Bertz CT molecular complexity index is 372. The highest BCUT2D eigenvalue weighted by Crippen LogP contribution is 2.27. The topological polar surface area (TPSA) is 56.5 Å². The first-order chi connectivity index (χ1) is 9.10. The molecule has 0 amide bonds. The smallest absolute Gasteiger partial charge is 0.208 e. The molecule has 1 rings (SSSR count). The highest BCUT2D eigenvalue weighted by molar-refractivity contribution is 6.31. The minimum Gasteiger partial charge on any atom is -0.474 e. The van der Waals surface area contributed by atoms with Gasteiger partial charge in [-0.2, -0.15) is 0 Å². The van der Waals surface area contributed by atoms with Crippen molar-refractivity contribution in [3.63, 3.8) is 0 Å². The maximum Gasteiger partial charge on any atom is 0.208 e. The van der Waals surface area contributed by atoms with Gasteiger partial charge in [-0.25, -0.2) is 0 Å². The molecule has 0 aromatic rings. The second-order valence-electron chi connectivity index (χ2n) is 4.41. The molecular weight excluding hydrogens is 264 g/mol. The van der Waals surface area contributed by atoms with E-state index in [0.29, 0.717) is 22.7 Å². The number of allylic oxidation sites excluding steroid dienone is 4. The molecule has 1 aliphatic carbocycles. The zero-order valence-corrected chi connectivity index (χ0v) is 12.5. The molecule has 5 heteroatoms. The minimum absolute atomic E-state index is 0.132. The van der Waals surface area contributed by atoms with Crippen LogP contribution >= 0.6 is 11.6 Å². The molecular formula is C14H23ClN2O2. The van der Waals surface area contributed by atoms with Crippen molar-refractivity contribution >= 4 is 11.6 Å². The first-order valence-corrected chi connectivity index (χ1v) is 6.91. The van der Waals surface area contributed by atoms with Crippen LogP contribution in [0.3, 0.4) is 0 Å². The van der Waals surface area contributed by atoms with Crippen LogP contribution < -0.4 is 11.1 Å². The summed E-state index contributed by atoms with van der Waals surface area (Å²) < 4.78 is 10.9. The van der Waals surface area contributed by atoms with Gasteiger partial charge in [0.05, 0.1) is 11.8 Å². The molecule has 1 aliphatic rings. The molecule has 1 saturated carbocycles. The quantitative estimate of drug-likeness (QED) is 0.558. The summed E-state index contributed by atoms with van der Waals surface area (Å²) in [5.41, 5.74) is 6.69. The fourth-order valence-corrected chi connectivity index (χ4v) is 2.03. The van der Waals surface area contributed by atoms with Crippen LogP contribution in [0.5, 0.6) is 0 Å². The zero-order chi connectivity index (χ0) is 14.3. The second-order valence-corrected chi connectivity index (χ2v) is 4.84. The van der Waals surface area contributed by atoms with Gasteiger partial charge >= 0.3 is 0 Å². The number of nitrogens with one attached hydrogen (secondary N) is 1. The Morgan fingerprint density at radius 3 is 2.63 bits per heavy atom. The molecule has 0 radical (unpaired) electrons. The lowest BCUT2D eigenvalue weighted by atomic mass is 9.92. The number of hydrogen-bond donors (Lipinski definition) is 2. The lowest BCUT2D eigenvalue weighted by Gasteiger charge is -2.34. The summed E-state index contributed by atoms with van der Waals surface area (Å²) in [6.07, 6.45) is 7.62. The molecule has 0 aromatic carbocycles. The van der Waals surface area contributed by atoms with Gasteiger partial charge in [0.1, 0.15) is 6.10 Å². The van der Waals surface area contributed by atoms with Gasteiger partial charge in [-0.05, 0) is 26.0 Å². The third-order valence-corrected chi connectivity index (χ3v) is 3.15. The number of hydrogen-bond acceptors (Lipinski definition) is 4. The van der Waals surface area contributed by atoms with Crippen molar-refractivity contribution in [1.82, 2.24) is 5.32 Å². The van der Waals surface area contributed by atoms with Gasteiger partial charge in [-0.15, -0.1) is 0 Å². The van der Waals surface area contributed by atoms with Gasteiger partial charge in [0.15, 0.2) is 0 Å². The van der Waals surface area contributed by atoms with Gasteiger partial charge in [0.25, 0.3) is 0 Å². The van der Waals surface area contributed by atoms with Crippen LogP contribution in [0, 0.1) is 0 Å². The molecule has 0 atom stereocenters. The molecule has 0 aromatic heterocycles. The number of rotatable bonds is 7. The molecule has 1 fully saturated rings. The summed E-state index contributed by atoms with van der Waals surface area (Å²) in [6.45, 7) is 4.65. The van der Waals surface area contributed by atoms with Crippen molar-refractivity contribution in [3.8, 4) is 0 Å². The number of nitrogens with two attached hydrogens (primary N) is 1. The predicted octanol–water partition coefficient (Wildman–Crippen LogP) is 2.62. The predicted molar refractivity (Wildman–Crippen MR) is 78.5 cm³/mol. The van der Waals surface area contributed by atoms with Crippen molar-refractivity contribution in [2.24, 2.45) is 5.73 Å². The van der Waals surface area contributed by atoms with E-state index in [1.54, 1.807) is 19.3 Å². The van der Waals surface area contributed by atoms with E-state index in [9.17, 15) is 0 Å². The van der Waals surface area contributed by atoms with E-state index in [1.807, 2.05) is 19.9 Å². The number of likely N-dealkylation sites (N-methyl/N-ethyl adjacent to an activating group) is 1. The Morgan fingerprint density at radius 2 is 2.11 bits per heavy atom. The average molecular weight is 287 g/mol. The first-order valence-electron chi connectivity index (χ1n) is 6.53. The molecule has 3 N–H and O–H groups in total. The van der Waals surface area contributed by atoms with Crippen molar-refractivity contribution in [1.29, 1.82) is 0 Å². The normalized spacial score (nSPS) is 24.9. The molecule has 0 spiro atoms. The molecule has 0 heterocycles. The standard InChI is InChI=1S/C14H23ClN2O2/c1-4-6-10(15)7-13(17-5-2)14(16)19-12-8-11(9-12)18-3/h4,6-7,11-12,17H,5,8-9,16H2,1-3H3/b6-4-,10-7+,14-13-. The Balaban J connectivity index is 2.66. The second kappa shape index (κ2) is 8.12. The fraction of sp³-hybridized carbons (Fsp3) is 0.571. The number of methoxy groups -OCH3 is 1. The average Bonchev–Trinajstić information content (AvgIpc) is 2.32. The van der Waals surface area contributed by atoms with Gasteiger partial charge in [0.2, 0.25) is 5.88 Å². The first kappa shape index (κ1) is 15.9. The van der Waals surface area contributed by atoms with Crippen LogP contribution in [0.4, 0.5) is 0 Å². The van der Waals surface area contributed by atoms with Crippen LogP contribution in [0.25, 0.3) is 0 Å². The molecule has 0 saturated heterocycles. The van der Waals surface area contributed by atoms with Gasteiger partial charge in [-0.3, -0.25) is 0 Å². The van der Waals surface area contributed by atoms with Gasteiger partial charge < -0.3 is 20.5 Å². The van der Waals surface area contributed by atoms with Crippen LogP contribution in [-0.2, 0) is 9.47 Å². The third kappa shape index (κ3) is 5.17. The maximum absolute atomic E-state index is 6.05. The molecule has 4 nitrogen and oxygen atoms in total. The summed E-state index contributed by atoms with van der Waals surface area (Å²) in [5, 5.41) is 3.76. The van der Waals surface area contributed by atoms with E-state index < -0.39 is 0 Å². The molecule has 0 bridgehead atoms. The summed E-state index contributed by atoms with van der Waals surface area (Å²) >= 11 is 6.05. The van der Waals surface area contributed by atoms with E-state index in [2.05, 4.69) is 5.32 Å². The monoisotopic (exact) mass is 286 g/mol. The van der Waals surface area contributed by atoms with Crippen molar-refractivity contribution < 1.29 is 9.47 Å². The lowest BCUT2D eigenvalue weighted by Crippen LogP contribution is -2.38. The van der Waals surface area contributed by atoms with Crippen molar-refractivity contribution in [3.05, 3.63) is 34.8 Å². The van der Waals surface area contributed by atoms with Crippen LogP contribution in [0.15, 0.2) is 34.8 Å². The van der Waals surface area contributed by atoms with Crippen LogP contribution in [0.2, 0.25) is 0 Å². The zero-order valence-electron chi connectivity index (χ0n) is 11.8. The molecule has 0 unspecified atom stereocenters. The highest BCUT2D eigenvalue weighted by atomic mass is 35.5.